The summed E-state index contributed by atoms with van der Waals surface area (Å²) >= 11 is 5.67. The minimum Gasteiger partial charge on any atom is -0.360 e. The number of rotatable bonds is 0. The minimum absolute atomic E-state index is 0.356. The highest BCUT2D eigenvalue weighted by Gasteiger charge is 2.06. The van der Waals surface area contributed by atoms with E-state index in [1.807, 2.05) is 0 Å². The summed E-state index contributed by atoms with van der Waals surface area (Å²) < 4.78 is 12.9. The minimum atomic E-state index is -0.534. The Labute approximate surface area is 67.0 Å². The van der Waals surface area contributed by atoms with Crippen LogP contribution in [0.15, 0.2) is 18.5 Å². The summed E-state index contributed by atoms with van der Waals surface area (Å²) in [6, 6.07) is 1.67. The maximum Gasteiger partial charge on any atom is 0.223 e. The molecule has 0 spiro atoms. The van der Waals surface area contributed by atoms with Crippen molar-refractivity contribution in [1.29, 1.82) is 0 Å². The highest BCUT2D eigenvalue weighted by atomic mass is 35.5. The molecule has 0 unspecified atom stereocenters. The van der Waals surface area contributed by atoms with E-state index >= 15 is 0 Å². The summed E-state index contributed by atoms with van der Waals surface area (Å²) in [5.74, 6) is -0.534. The van der Waals surface area contributed by atoms with Crippen molar-refractivity contribution >= 4 is 22.5 Å². The number of hydrogen-bond acceptors (Lipinski definition) is 1. The molecule has 11 heavy (non-hydrogen) atoms. The zero-order chi connectivity index (χ0) is 7.84. The molecule has 0 aliphatic heterocycles. The van der Waals surface area contributed by atoms with Crippen LogP contribution in [0.1, 0.15) is 0 Å². The van der Waals surface area contributed by atoms with Gasteiger partial charge in [-0.05, 0) is 6.07 Å². The van der Waals surface area contributed by atoms with Crippen LogP contribution in [0.2, 0.25) is 5.02 Å². The number of pyridine rings is 1. The normalized spacial score (nSPS) is 10.7. The van der Waals surface area contributed by atoms with Crippen LogP contribution in [0.5, 0.6) is 0 Å². The molecule has 0 radical (unpaired) electrons. The Kier molecular flexibility index (Phi) is 1.32. The summed E-state index contributed by atoms with van der Waals surface area (Å²) in [7, 11) is 0. The number of aromatic nitrogens is 2. The molecule has 2 aromatic heterocycles. The van der Waals surface area contributed by atoms with E-state index in [1.54, 1.807) is 6.07 Å². The zero-order valence-corrected chi connectivity index (χ0v) is 6.19. The van der Waals surface area contributed by atoms with Crippen LogP contribution in [0, 0.1) is 5.95 Å². The predicted octanol–water partition coefficient (Wildman–Crippen LogP) is 2.36. The van der Waals surface area contributed by atoms with Crippen molar-refractivity contribution in [3.05, 3.63) is 29.4 Å². The maximum absolute atomic E-state index is 12.9. The smallest absolute Gasteiger partial charge is 0.223 e. The molecule has 0 aliphatic rings. The average molecular weight is 171 g/mol. The molecule has 2 nitrogen and oxygen atoms in total. The van der Waals surface area contributed by atoms with Gasteiger partial charge in [0.1, 0.15) is 0 Å². The van der Waals surface area contributed by atoms with Gasteiger partial charge in [0.2, 0.25) is 5.95 Å². The van der Waals surface area contributed by atoms with Crippen LogP contribution in [0.4, 0.5) is 4.39 Å². The standard InChI is InChI=1S/C7H4ClFN2/c8-4-3-11-5-1-2-10-7(9)6(4)5/h1-3,11H. The van der Waals surface area contributed by atoms with E-state index in [9.17, 15) is 4.39 Å². The first kappa shape index (κ1) is 6.61. The lowest BCUT2D eigenvalue weighted by atomic mass is 10.3. The Balaban J connectivity index is 2.96. The van der Waals surface area contributed by atoms with Gasteiger partial charge >= 0.3 is 0 Å². The third-order valence-electron chi connectivity index (χ3n) is 1.50. The van der Waals surface area contributed by atoms with Gasteiger partial charge < -0.3 is 4.98 Å². The van der Waals surface area contributed by atoms with Crippen molar-refractivity contribution in [2.24, 2.45) is 0 Å². The van der Waals surface area contributed by atoms with Gasteiger partial charge in [0.05, 0.1) is 15.9 Å². The average Bonchev–Trinajstić information content (AvgIpc) is 2.34. The maximum atomic E-state index is 12.9. The van der Waals surface area contributed by atoms with E-state index in [-0.39, 0.29) is 0 Å². The number of H-pyrrole nitrogens is 1. The van der Waals surface area contributed by atoms with E-state index < -0.39 is 5.95 Å². The molecular weight excluding hydrogens is 167 g/mol. The number of halogens is 2. The van der Waals surface area contributed by atoms with Gasteiger partial charge in [0.15, 0.2) is 0 Å². The summed E-state index contributed by atoms with van der Waals surface area (Å²) in [5.41, 5.74) is 0.669. The highest BCUT2D eigenvalue weighted by molar-refractivity contribution is 6.35. The molecule has 2 aromatic rings. The second-order valence-electron chi connectivity index (χ2n) is 2.16. The molecule has 0 amide bonds. The van der Waals surface area contributed by atoms with E-state index in [4.69, 9.17) is 11.6 Å². The van der Waals surface area contributed by atoms with Crippen LogP contribution in [-0.2, 0) is 0 Å². The zero-order valence-electron chi connectivity index (χ0n) is 5.44. The Morgan fingerprint density at radius 1 is 1.55 bits per heavy atom. The first-order valence-electron chi connectivity index (χ1n) is 3.06. The summed E-state index contributed by atoms with van der Waals surface area (Å²) in [6.07, 6.45) is 2.93. The third-order valence-corrected chi connectivity index (χ3v) is 1.80. The van der Waals surface area contributed by atoms with Crippen LogP contribution in [0.3, 0.4) is 0 Å². The molecule has 0 saturated heterocycles. The SMILES string of the molecule is Fc1nccc2[nH]cc(Cl)c12. The molecule has 0 aliphatic carbocycles. The van der Waals surface area contributed by atoms with Gasteiger partial charge in [-0.2, -0.15) is 4.39 Å². The molecule has 2 heterocycles. The van der Waals surface area contributed by atoms with Crippen molar-refractivity contribution in [2.45, 2.75) is 0 Å². The Morgan fingerprint density at radius 2 is 2.36 bits per heavy atom. The van der Waals surface area contributed by atoms with Gasteiger partial charge in [-0.3, -0.25) is 0 Å². The number of nitrogens with one attached hydrogen (secondary N) is 1. The first-order chi connectivity index (χ1) is 5.29. The van der Waals surface area contributed by atoms with Crippen molar-refractivity contribution in [1.82, 2.24) is 9.97 Å². The van der Waals surface area contributed by atoms with Crippen LogP contribution >= 0.6 is 11.6 Å². The van der Waals surface area contributed by atoms with Crippen molar-refractivity contribution < 1.29 is 4.39 Å². The monoisotopic (exact) mass is 170 g/mol. The van der Waals surface area contributed by atoms with Crippen LogP contribution < -0.4 is 0 Å². The quantitative estimate of drug-likeness (QED) is 0.604. The second-order valence-corrected chi connectivity index (χ2v) is 2.57. The van der Waals surface area contributed by atoms with Crippen LogP contribution in [0.25, 0.3) is 10.9 Å². The van der Waals surface area contributed by atoms with E-state index in [0.29, 0.717) is 15.9 Å². The van der Waals surface area contributed by atoms with Gasteiger partial charge in [0, 0.05) is 12.4 Å². The molecule has 2 rings (SSSR count). The Morgan fingerprint density at radius 3 is 3.09 bits per heavy atom. The fourth-order valence-corrected chi connectivity index (χ4v) is 1.23. The molecule has 0 fully saturated rings. The van der Waals surface area contributed by atoms with Gasteiger partial charge in [-0.25, -0.2) is 4.98 Å². The number of aromatic amines is 1. The molecule has 4 heteroatoms. The van der Waals surface area contributed by atoms with Crippen molar-refractivity contribution in [3.8, 4) is 0 Å². The Bertz CT molecular complexity index is 396. The fraction of sp³-hybridized carbons (Fsp3) is 0. The molecule has 56 valence electrons. The van der Waals surface area contributed by atoms with Gasteiger partial charge in [0.25, 0.3) is 0 Å². The highest BCUT2D eigenvalue weighted by Crippen LogP contribution is 2.23. The van der Waals surface area contributed by atoms with E-state index in [2.05, 4.69) is 9.97 Å². The van der Waals surface area contributed by atoms with Gasteiger partial charge in [-0.15, -0.1) is 0 Å². The lowest BCUT2D eigenvalue weighted by Gasteiger charge is -1.89. The molecule has 0 atom stereocenters. The molecule has 1 N–H and O–H groups in total. The first-order valence-corrected chi connectivity index (χ1v) is 3.44. The lowest BCUT2D eigenvalue weighted by Crippen LogP contribution is -1.80. The van der Waals surface area contributed by atoms with E-state index in [1.165, 1.54) is 12.4 Å². The summed E-state index contributed by atoms with van der Waals surface area (Å²) in [6.45, 7) is 0. The molecule has 0 aromatic carbocycles. The third kappa shape index (κ3) is 0.886. The van der Waals surface area contributed by atoms with Gasteiger partial charge in [-0.1, -0.05) is 11.6 Å². The molecule has 0 saturated carbocycles. The van der Waals surface area contributed by atoms with Crippen LogP contribution in [-0.4, -0.2) is 9.97 Å². The number of nitrogens with zero attached hydrogens (tertiary/aromatic N) is 1. The second kappa shape index (κ2) is 2.20. The lowest BCUT2D eigenvalue weighted by molar-refractivity contribution is 0.597. The predicted molar refractivity (Wildman–Crippen MR) is 41.1 cm³/mol. The number of hydrogen-bond donors (Lipinski definition) is 1. The summed E-state index contributed by atoms with van der Waals surface area (Å²) in [4.78, 5) is 6.29. The molecular formula is C7H4ClFN2. The van der Waals surface area contributed by atoms with E-state index in [0.717, 1.165) is 0 Å². The number of fused-ring (bicyclic) bond motifs is 1. The topological polar surface area (TPSA) is 28.7 Å². The van der Waals surface area contributed by atoms with Crippen molar-refractivity contribution in [2.75, 3.05) is 0 Å². The summed E-state index contributed by atoms with van der Waals surface area (Å²) in [5, 5.41) is 0.722. The molecule has 0 bridgehead atoms. The fourth-order valence-electron chi connectivity index (χ4n) is 0.997. The van der Waals surface area contributed by atoms with Crippen molar-refractivity contribution in [3.63, 3.8) is 0 Å². The largest absolute Gasteiger partial charge is 0.360 e. The Hall–Kier alpha value is -1.09.